The third-order valence-corrected chi connectivity index (χ3v) is 8.37. The topological polar surface area (TPSA) is 0 Å². The molecule has 0 saturated heterocycles. The molecule has 2 saturated carbocycles. The largest absolute Gasteiger partial charge is 0.124 e. The van der Waals surface area contributed by atoms with Crippen LogP contribution in [0, 0.1) is 0 Å². The Morgan fingerprint density at radius 2 is 0.933 bits per heavy atom. The molecule has 2 fully saturated rings. The number of halogens is 2. The molecule has 2 rings (SSSR count). The quantitative estimate of drug-likeness (QED) is 0.524. The van der Waals surface area contributed by atoms with Gasteiger partial charge in [-0.3, -0.25) is 0 Å². The highest BCUT2D eigenvalue weighted by atomic mass is 35.5. The van der Waals surface area contributed by atoms with Crippen LogP contribution in [0.4, 0.5) is 0 Å². The number of rotatable bonds is 2. The average molecular weight is 265 g/mol. The van der Waals surface area contributed by atoms with Gasteiger partial charge in [0.15, 0.2) is 0 Å². The fourth-order valence-corrected chi connectivity index (χ4v) is 8.41. The summed E-state index contributed by atoms with van der Waals surface area (Å²) in [6.45, 7) is 0. The molecule has 0 N–H and O–H groups in total. The van der Waals surface area contributed by atoms with Crippen molar-refractivity contribution in [2.75, 3.05) is 0 Å². The minimum Gasteiger partial charge on any atom is -0.124 e. The summed E-state index contributed by atoms with van der Waals surface area (Å²) in [4.78, 5) is 0. The zero-order valence-electron chi connectivity index (χ0n) is 9.53. The van der Waals surface area contributed by atoms with Gasteiger partial charge < -0.3 is 0 Å². The van der Waals surface area contributed by atoms with E-state index in [0.717, 1.165) is 0 Å². The molecule has 0 bridgehead atoms. The highest BCUT2D eigenvalue weighted by molar-refractivity contribution is 6.67. The summed E-state index contributed by atoms with van der Waals surface area (Å²) in [5, 5.41) is 0. The molecule has 88 valence electrons. The van der Waals surface area contributed by atoms with Crippen LogP contribution in [-0.2, 0) is 0 Å². The predicted molar refractivity (Wildman–Crippen MR) is 71.9 cm³/mol. The van der Waals surface area contributed by atoms with Crippen molar-refractivity contribution >= 4 is 32.7 Å². The van der Waals surface area contributed by atoms with E-state index in [4.69, 9.17) is 23.2 Å². The third kappa shape index (κ3) is 3.37. The molecule has 0 spiro atoms. The maximum absolute atomic E-state index is 6.78. The van der Waals surface area contributed by atoms with Gasteiger partial charge in [-0.1, -0.05) is 38.5 Å². The zero-order valence-corrected chi connectivity index (χ0v) is 12.5. The van der Waals surface area contributed by atoms with Gasteiger partial charge >= 0.3 is 0 Å². The first kappa shape index (κ1) is 12.3. The Bertz CT molecular complexity index is 184. The maximum Gasteiger partial charge on any atom is 0.0707 e. The highest BCUT2D eigenvalue weighted by Crippen LogP contribution is 2.41. The predicted octanol–water partition coefficient (Wildman–Crippen LogP) is 3.95. The Labute approximate surface area is 106 Å². The smallest absolute Gasteiger partial charge is 0.0707 e. The lowest BCUT2D eigenvalue weighted by Gasteiger charge is -2.40. The van der Waals surface area contributed by atoms with Gasteiger partial charge in [0, 0.05) is 8.99 Å². The number of hydrogen-bond acceptors (Lipinski definition) is 0. The van der Waals surface area contributed by atoms with Crippen molar-refractivity contribution in [3.8, 4) is 0 Å². The molecule has 0 unspecified atom stereocenters. The Kier molecular flexibility index (Phi) is 4.06. The normalized spacial score (nSPS) is 30.0. The van der Waals surface area contributed by atoms with Crippen LogP contribution in [0.5, 0.6) is 0 Å². The summed E-state index contributed by atoms with van der Waals surface area (Å²) < 4.78 is 0.356. The van der Waals surface area contributed by atoms with E-state index >= 15 is 0 Å². The van der Waals surface area contributed by atoms with E-state index in [-0.39, 0.29) is 18.5 Å². The molecule has 2 aliphatic rings. The second kappa shape index (κ2) is 4.97. The van der Waals surface area contributed by atoms with Crippen molar-refractivity contribution in [3.05, 3.63) is 0 Å². The molecule has 0 aromatic carbocycles. The fraction of sp³-hybridized carbons (Fsp3) is 1.00. The van der Waals surface area contributed by atoms with Crippen LogP contribution in [0.3, 0.4) is 0 Å². The third-order valence-electron chi connectivity index (χ3n) is 4.13. The molecular formula is C12H22Cl2Si. The molecule has 3 heteroatoms. The van der Waals surface area contributed by atoms with Crippen molar-refractivity contribution in [3.63, 3.8) is 0 Å². The van der Waals surface area contributed by atoms with Gasteiger partial charge in [0.2, 0.25) is 0 Å². The molecule has 0 aromatic rings. The van der Waals surface area contributed by atoms with Crippen LogP contribution in [0.25, 0.3) is 0 Å². The lowest BCUT2D eigenvalue weighted by atomic mass is 9.99. The first-order valence-corrected chi connectivity index (χ1v) is 8.67. The molecule has 15 heavy (non-hydrogen) atoms. The van der Waals surface area contributed by atoms with Crippen molar-refractivity contribution in [2.24, 2.45) is 0 Å². The lowest BCUT2D eigenvalue weighted by molar-refractivity contribution is 0.439. The Morgan fingerprint density at radius 1 is 0.600 bits per heavy atom. The van der Waals surface area contributed by atoms with Crippen LogP contribution in [0.1, 0.15) is 64.2 Å². The van der Waals surface area contributed by atoms with E-state index in [1.54, 1.807) is 0 Å². The molecule has 0 aliphatic heterocycles. The van der Waals surface area contributed by atoms with Gasteiger partial charge in [0.1, 0.15) is 0 Å². The number of alkyl halides is 2. The average Bonchev–Trinajstić information content (AvgIpc) is 2.18. The van der Waals surface area contributed by atoms with Crippen LogP contribution in [0.15, 0.2) is 0 Å². The molecule has 0 heterocycles. The van der Waals surface area contributed by atoms with Crippen molar-refractivity contribution < 1.29 is 0 Å². The van der Waals surface area contributed by atoms with E-state index in [9.17, 15) is 0 Å². The molecule has 0 aromatic heterocycles. The molecule has 0 nitrogen and oxygen atoms in total. The van der Waals surface area contributed by atoms with Crippen LogP contribution in [-0.4, -0.2) is 18.5 Å². The van der Waals surface area contributed by atoms with E-state index in [0.29, 0.717) is 0 Å². The van der Waals surface area contributed by atoms with Gasteiger partial charge in [-0.25, -0.2) is 0 Å². The van der Waals surface area contributed by atoms with E-state index in [2.05, 4.69) is 0 Å². The summed E-state index contributed by atoms with van der Waals surface area (Å²) in [5.41, 5.74) is 0. The molecule has 2 aliphatic carbocycles. The first-order valence-electron chi connectivity index (χ1n) is 6.50. The lowest BCUT2D eigenvalue weighted by Crippen LogP contribution is -2.46. The minimum atomic E-state index is -0.342. The minimum absolute atomic E-state index is 0.178. The summed E-state index contributed by atoms with van der Waals surface area (Å²) in [6, 6.07) is 0. The SMILES string of the molecule is ClC1([SiH2]C2(Cl)CCCCC2)CCCCC1. The molecule has 0 atom stereocenters. The van der Waals surface area contributed by atoms with E-state index < -0.39 is 0 Å². The van der Waals surface area contributed by atoms with Gasteiger partial charge in [0.05, 0.1) is 9.52 Å². The van der Waals surface area contributed by atoms with Crippen molar-refractivity contribution in [1.29, 1.82) is 0 Å². The van der Waals surface area contributed by atoms with E-state index in [1.165, 1.54) is 64.2 Å². The van der Waals surface area contributed by atoms with Gasteiger partial charge in [0.25, 0.3) is 0 Å². The fourth-order valence-electron chi connectivity index (χ4n) is 3.29. The number of hydrogen-bond donors (Lipinski definition) is 0. The van der Waals surface area contributed by atoms with Gasteiger partial charge in [-0.05, 0) is 25.7 Å². The standard InChI is InChI=1S/C12H22Cl2Si/c13-11(7-3-1-4-8-11)15-12(14)9-5-2-6-10-12/h1-10,15H2. The maximum atomic E-state index is 6.78. The first-order chi connectivity index (χ1) is 7.12. The summed E-state index contributed by atoms with van der Waals surface area (Å²) in [5.74, 6) is 0. The Hall–Kier alpha value is 0.797. The monoisotopic (exact) mass is 264 g/mol. The van der Waals surface area contributed by atoms with E-state index in [1.807, 2.05) is 0 Å². The molecular weight excluding hydrogens is 243 g/mol. The summed E-state index contributed by atoms with van der Waals surface area (Å²) >= 11 is 13.6. The zero-order chi connectivity index (χ0) is 10.8. The second-order valence-corrected chi connectivity index (χ2v) is 11.2. The summed E-state index contributed by atoms with van der Waals surface area (Å²) in [7, 11) is -0.342. The van der Waals surface area contributed by atoms with Crippen molar-refractivity contribution in [2.45, 2.75) is 73.2 Å². The van der Waals surface area contributed by atoms with Crippen LogP contribution in [0.2, 0.25) is 0 Å². The molecule has 0 amide bonds. The second-order valence-electron chi connectivity index (χ2n) is 5.60. The van der Waals surface area contributed by atoms with Crippen molar-refractivity contribution in [1.82, 2.24) is 0 Å². The molecule has 0 radical (unpaired) electrons. The Morgan fingerprint density at radius 3 is 1.27 bits per heavy atom. The van der Waals surface area contributed by atoms with Gasteiger partial charge in [-0.15, -0.1) is 23.2 Å². The summed E-state index contributed by atoms with van der Waals surface area (Å²) in [6.07, 6.45) is 13.1. The van der Waals surface area contributed by atoms with Gasteiger partial charge in [-0.2, -0.15) is 0 Å². The highest BCUT2D eigenvalue weighted by Gasteiger charge is 2.40. The van der Waals surface area contributed by atoms with Crippen LogP contribution >= 0.6 is 23.2 Å². The van der Waals surface area contributed by atoms with Crippen LogP contribution < -0.4 is 0 Å². The Balaban J connectivity index is 1.93.